The van der Waals surface area contributed by atoms with Crippen LogP contribution in [0.4, 0.5) is 5.13 Å². The van der Waals surface area contributed by atoms with Crippen LogP contribution in [-0.4, -0.2) is 23.0 Å². The van der Waals surface area contributed by atoms with Gasteiger partial charge in [0.25, 0.3) is 5.91 Å². The lowest BCUT2D eigenvalue weighted by Crippen LogP contribution is -2.30. The number of ether oxygens (including phenoxy) is 1. The van der Waals surface area contributed by atoms with E-state index < -0.39 is 0 Å². The number of hydrogen-bond acceptors (Lipinski definition) is 6. The number of aryl methyl sites for hydroxylation is 2. The summed E-state index contributed by atoms with van der Waals surface area (Å²) in [5.74, 6) is 1.86. The SMILES string of the molecule is COc1ccc2sc(N(Cc3ccccn3)C(=O)c3cc(C)oc3C)nc2c1. The molecule has 0 saturated heterocycles. The molecule has 7 heteroatoms. The second-order valence-electron chi connectivity index (χ2n) is 6.37. The molecule has 1 aromatic carbocycles. The molecular weight excluding hydrogens is 374 g/mol. The zero-order valence-corrected chi connectivity index (χ0v) is 16.6. The summed E-state index contributed by atoms with van der Waals surface area (Å²) < 4.78 is 11.8. The number of thiazole rings is 1. The maximum absolute atomic E-state index is 13.4. The predicted octanol–water partition coefficient (Wildman–Crippen LogP) is 4.76. The van der Waals surface area contributed by atoms with Gasteiger partial charge in [-0.1, -0.05) is 17.4 Å². The summed E-state index contributed by atoms with van der Waals surface area (Å²) in [6.07, 6.45) is 1.72. The number of aromatic nitrogens is 2. The molecule has 0 aliphatic heterocycles. The molecule has 0 aliphatic carbocycles. The lowest BCUT2D eigenvalue weighted by Gasteiger charge is -2.19. The highest BCUT2D eigenvalue weighted by Crippen LogP contribution is 2.33. The van der Waals surface area contributed by atoms with Crippen LogP contribution in [0.1, 0.15) is 27.6 Å². The van der Waals surface area contributed by atoms with Gasteiger partial charge in [-0.05, 0) is 44.2 Å². The third-order valence-electron chi connectivity index (χ3n) is 4.38. The van der Waals surface area contributed by atoms with E-state index in [2.05, 4.69) is 9.97 Å². The summed E-state index contributed by atoms with van der Waals surface area (Å²) in [5, 5.41) is 0.608. The molecule has 28 heavy (non-hydrogen) atoms. The largest absolute Gasteiger partial charge is 0.497 e. The summed E-state index contributed by atoms with van der Waals surface area (Å²) in [4.78, 5) is 24.1. The van der Waals surface area contributed by atoms with E-state index in [1.165, 1.54) is 11.3 Å². The molecule has 0 fully saturated rings. The van der Waals surface area contributed by atoms with Crippen LogP contribution in [0.5, 0.6) is 5.75 Å². The van der Waals surface area contributed by atoms with Crippen molar-refractivity contribution in [1.29, 1.82) is 0 Å². The fraction of sp³-hybridized carbons (Fsp3) is 0.190. The third kappa shape index (κ3) is 3.48. The van der Waals surface area contributed by atoms with Gasteiger partial charge in [0.1, 0.15) is 17.3 Å². The highest BCUT2D eigenvalue weighted by atomic mass is 32.1. The number of carbonyl (C=O) groups excluding carboxylic acids is 1. The van der Waals surface area contributed by atoms with E-state index in [0.717, 1.165) is 21.7 Å². The Bertz CT molecular complexity index is 1130. The molecule has 0 unspecified atom stereocenters. The van der Waals surface area contributed by atoms with Crippen LogP contribution in [-0.2, 0) is 6.54 Å². The number of furan rings is 1. The Labute approximate surface area is 166 Å². The highest BCUT2D eigenvalue weighted by Gasteiger charge is 2.25. The molecule has 6 nitrogen and oxygen atoms in total. The second kappa shape index (κ2) is 7.44. The molecule has 0 saturated carbocycles. The minimum Gasteiger partial charge on any atom is -0.497 e. The summed E-state index contributed by atoms with van der Waals surface area (Å²) >= 11 is 1.46. The molecule has 4 aromatic rings. The zero-order valence-electron chi connectivity index (χ0n) is 15.8. The first kappa shape index (κ1) is 18.2. The molecule has 0 radical (unpaired) electrons. The number of methoxy groups -OCH3 is 1. The Morgan fingerprint density at radius 3 is 2.75 bits per heavy atom. The fourth-order valence-electron chi connectivity index (χ4n) is 3.01. The molecule has 0 spiro atoms. The lowest BCUT2D eigenvalue weighted by molar-refractivity contribution is 0.0983. The van der Waals surface area contributed by atoms with Gasteiger partial charge >= 0.3 is 0 Å². The van der Waals surface area contributed by atoms with Crippen LogP contribution in [0.3, 0.4) is 0 Å². The Kier molecular flexibility index (Phi) is 4.83. The molecule has 0 N–H and O–H groups in total. The van der Waals surface area contributed by atoms with Crippen LogP contribution in [0.2, 0.25) is 0 Å². The van der Waals surface area contributed by atoms with Gasteiger partial charge in [0.15, 0.2) is 5.13 Å². The average molecular weight is 393 g/mol. The van der Waals surface area contributed by atoms with Crippen LogP contribution in [0.25, 0.3) is 10.2 Å². The van der Waals surface area contributed by atoms with Crippen molar-refractivity contribution in [2.75, 3.05) is 12.0 Å². The summed E-state index contributed by atoms with van der Waals surface area (Å²) in [6.45, 7) is 3.94. The minimum absolute atomic E-state index is 0.161. The van der Waals surface area contributed by atoms with Crippen LogP contribution >= 0.6 is 11.3 Å². The van der Waals surface area contributed by atoms with E-state index in [9.17, 15) is 4.79 Å². The van der Waals surface area contributed by atoms with Gasteiger partial charge in [0.2, 0.25) is 0 Å². The zero-order chi connectivity index (χ0) is 19.7. The van der Waals surface area contributed by atoms with Crippen LogP contribution in [0.15, 0.2) is 53.1 Å². The van der Waals surface area contributed by atoms with Crippen molar-refractivity contribution in [2.45, 2.75) is 20.4 Å². The Morgan fingerprint density at radius 2 is 2.07 bits per heavy atom. The number of fused-ring (bicyclic) bond motifs is 1. The molecule has 142 valence electrons. The standard InChI is InChI=1S/C21H19N3O3S/c1-13-10-17(14(2)27-13)20(25)24(12-15-6-4-5-9-22-15)21-23-18-11-16(26-3)7-8-19(18)28-21/h4-11H,12H2,1-3H3. The smallest absolute Gasteiger partial charge is 0.263 e. The predicted molar refractivity (Wildman–Crippen MR) is 109 cm³/mol. The maximum Gasteiger partial charge on any atom is 0.263 e. The van der Waals surface area contributed by atoms with E-state index >= 15 is 0 Å². The average Bonchev–Trinajstić information content (AvgIpc) is 3.27. The Morgan fingerprint density at radius 1 is 1.21 bits per heavy atom. The van der Waals surface area contributed by atoms with Gasteiger partial charge in [-0.2, -0.15) is 0 Å². The highest BCUT2D eigenvalue weighted by molar-refractivity contribution is 7.22. The molecule has 3 aromatic heterocycles. The maximum atomic E-state index is 13.4. The van der Waals surface area contributed by atoms with Crippen molar-refractivity contribution in [3.8, 4) is 5.75 Å². The summed E-state index contributed by atoms with van der Waals surface area (Å²) in [6, 6.07) is 13.1. The van der Waals surface area contributed by atoms with Gasteiger partial charge in [0, 0.05) is 12.3 Å². The van der Waals surface area contributed by atoms with E-state index in [1.807, 2.05) is 43.3 Å². The number of amides is 1. The van der Waals surface area contributed by atoms with Crippen molar-refractivity contribution in [3.05, 3.63) is 71.4 Å². The van der Waals surface area contributed by atoms with E-state index in [4.69, 9.17) is 9.15 Å². The van der Waals surface area contributed by atoms with E-state index in [-0.39, 0.29) is 5.91 Å². The topological polar surface area (TPSA) is 68.5 Å². The lowest BCUT2D eigenvalue weighted by atomic mass is 10.2. The van der Waals surface area contributed by atoms with Gasteiger partial charge in [-0.15, -0.1) is 0 Å². The van der Waals surface area contributed by atoms with Gasteiger partial charge in [0.05, 0.1) is 35.1 Å². The number of carbonyl (C=O) groups is 1. The first-order valence-corrected chi connectivity index (χ1v) is 9.60. The minimum atomic E-state index is -0.161. The van der Waals surface area contributed by atoms with Gasteiger partial charge < -0.3 is 9.15 Å². The van der Waals surface area contributed by atoms with Crippen molar-refractivity contribution in [2.24, 2.45) is 0 Å². The number of nitrogens with zero attached hydrogens (tertiary/aromatic N) is 3. The number of hydrogen-bond donors (Lipinski definition) is 0. The van der Waals surface area contributed by atoms with Crippen LogP contribution in [0, 0.1) is 13.8 Å². The van der Waals surface area contributed by atoms with Crippen LogP contribution < -0.4 is 9.64 Å². The Balaban J connectivity index is 1.78. The second-order valence-corrected chi connectivity index (χ2v) is 7.38. The number of anilines is 1. The van der Waals surface area contributed by atoms with Crippen molar-refractivity contribution in [1.82, 2.24) is 9.97 Å². The fourth-order valence-corrected chi connectivity index (χ4v) is 3.95. The molecule has 3 heterocycles. The van der Waals surface area contributed by atoms with Crippen molar-refractivity contribution >= 4 is 32.6 Å². The van der Waals surface area contributed by atoms with E-state index in [1.54, 1.807) is 31.2 Å². The molecular formula is C21H19N3O3S. The van der Waals surface area contributed by atoms with Crippen molar-refractivity contribution in [3.63, 3.8) is 0 Å². The number of benzene rings is 1. The first-order chi connectivity index (χ1) is 13.5. The number of pyridine rings is 1. The summed E-state index contributed by atoms with van der Waals surface area (Å²) in [7, 11) is 1.62. The van der Waals surface area contributed by atoms with Gasteiger partial charge in [-0.3, -0.25) is 14.7 Å². The quantitative estimate of drug-likeness (QED) is 0.489. The molecule has 0 aliphatic rings. The normalized spacial score (nSPS) is 11.0. The molecule has 0 atom stereocenters. The van der Waals surface area contributed by atoms with E-state index in [0.29, 0.717) is 28.8 Å². The molecule has 0 bridgehead atoms. The monoisotopic (exact) mass is 393 g/mol. The molecule has 1 amide bonds. The summed E-state index contributed by atoms with van der Waals surface area (Å²) in [5.41, 5.74) is 2.11. The Hall–Kier alpha value is -3.19. The number of rotatable bonds is 5. The molecule has 4 rings (SSSR count). The first-order valence-electron chi connectivity index (χ1n) is 8.78. The van der Waals surface area contributed by atoms with Gasteiger partial charge in [-0.25, -0.2) is 4.98 Å². The van der Waals surface area contributed by atoms with Crippen molar-refractivity contribution < 1.29 is 13.9 Å². The third-order valence-corrected chi connectivity index (χ3v) is 5.44.